The maximum absolute atomic E-state index is 3.83. The molecule has 2 aliphatic rings. The quantitative estimate of drug-likeness (QED) is 0.793. The first-order valence-corrected chi connectivity index (χ1v) is 7.18. The van der Waals surface area contributed by atoms with Crippen LogP contribution in [0.2, 0.25) is 0 Å². The number of hydrogen-bond donors (Lipinski definition) is 1. The summed E-state index contributed by atoms with van der Waals surface area (Å²) >= 11 is 0. The maximum atomic E-state index is 3.83. The monoisotopic (exact) mass is 224 g/mol. The van der Waals surface area contributed by atoms with Gasteiger partial charge in [-0.25, -0.2) is 0 Å². The molecule has 2 unspecified atom stereocenters. The molecule has 0 radical (unpaired) electrons. The first kappa shape index (κ1) is 12.4. The molecule has 1 N–H and O–H groups in total. The predicted octanol–water partition coefficient (Wildman–Crippen LogP) is 2.78. The van der Waals surface area contributed by atoms with Crippen molar-refractivity contribution < 1.29 is 0 Å². The van der Waals surface area contributed by atoms with Gasteiger partial charge >= 0.3 is 0 Å². The van der Waals surface area contributed by atoms with Crippen LogP contribution in [0.15, 0.2) is 0 Å². The van der Waals surface area contributed by atoms with Crippen LogP contribution in [0.4, 0.5) is 0 Å². The van der Waals surface area contributed by atoms with Gasteiger partial charge in [0.05, 0.1) is 0 Å². The topological polar surface area (TPSA) is 15.3 Å². The summed E-state index contributed by atoms with van der Waals surface area (Å²) < 4.78 is 0. The molecule has 16 heavy (non-hydrogen) atoms. The zero-order valence-corrected chi connectivity index (χ0v) is 11.3. The van der Waals surface area contributed by atoms with Crippen molar-refractivity contribution >= 4 is 0 Å². The van der Waals surface area contributed by atoms with Gasteiger partial charge in [-0.15, -0.1) is 0 Å². The normalized spacial score (nSPS) is 32.1. The summed E-state index contributed by atoms with van der Waals surface area (Å²) in [5.41, 5.74) is 0.481. The molecule has 1 spiro atoms. The second kappa shape index (κ2) is 5.05. The third kappa shape index (κ3) is 2.43. The largest absolute Gasteiger partial charge is 0.308 e. The van der Waals surface area contributed by atoms with E-state index >= 15 is 0 Å². The van der Waals surface area contributed by atoms with Gasteiger partial charge in [0.15, 0.2) is 0 Å². The molecule has 0 aromatic heterocycles. The van der Waals surface area contributed by atoms with Gasteiger partial charge < -0.3 is 5.32 Å². The lowest BCUT2D eigenvalue weighted by atomic mass is 9.91. The van der Waals surface area contributed by atoms with Crippen molar-refractivity contribution in [1.29, 1.82) is 0 Å². The Balaban J connectivity index is 1.99. The summed E-state index contributed by atoms with van der Waals surface area (Å²) in [6.45, 7) is 9.56. The molecule has 0 bridgehead atoms. The number of rotatable bonds is 3. The summed E-state index contributed by atoms with van der Waals surface area (Å²) in [7, 11) is 0. The number of nitrogens with one attached hydrogen (secondary N) is 1. The zero-order valence-electron chi connectivity index (χ0n) is 11.3. The minimum Gasteiger partial charge on any atom is -0.308 e. The average molecular weight is 224 g/mol. The fourth-order valence-electron chi connectivity index (χ4n) is 3.60. The smallest absolute Gasteiger partial charge is 0.0309 e. The summed E-state index contributed by atoms with van der Waals surface area (Å²) in [6.07, 6.45) is 8.31. The molecule has 2 atom stereocenters. The van der Waals surface area contributed by atoms with E-state index in [4.69, 9.17) is 0 Å². The molecule has 2 rings (SSSR count). The lowest BCUT2D eigenvalue weighted by Gasteiger charge is -2.48. The predicted molar refractivity (Wildman–Crippen MR) is 69.7 cm³/mol. The molecule has 0 aromatic rings. The molecular formula is C14H28N2. The minimum absolute atomic E-state index is 0.481. The number of nitrogens with zero attached hydrogens (tertiary/aromatic N) is 1. The highest BCUT2D eigenvalue weighted by Gasteiger charge is 2.40. The van der Waals surface area contributed by atoms with Crippen LogP contribution in [0.5, 0.6) is 0 Å². The molecular weight excluding hydrogens is 196 g/mol. The van der Waals surface area contributed by atoms with Crippen molar-refractivity contribution in [3.05, 3.63) is 0 Å². The van der Waals surface area contributed by atoms with Crippen LogP contribution in [-0.4, -0.2) is 35.6 Å². The average Bonchev–Trinajstić information content (AvgIpc) is 2.71. The van der Waals surface area contributed by atoms with Gasteiger partial charge in [0.2, 0.25) is 0 Å². The van der Waals surface area contributed by atoms with E-state index in [9.17, 15) is 0 Å². The van der Waals surface area contributed by atoms with Gasteiger partial charge in [0.25, 0.3) is 0 Å². The fraction of sp³-hybridized carbons (Fsp3) is 1.00. The molecule has 1 aliphatic heterocycles. The molecule has 0 amide bonds. The fourth-order valence-corrected chi connectivity index (χ4v) is 3.60. The highest BCUT2D eigenvalue weighted by molar-refractivity contribution is 5.01. The standard InChI is InChI=1S/C14H28N2/c1-4-7-12(2)16-11-14(8-5-6-9-14)15-10-13(16)3/h12-13,15H,4-11H2,1-3H3. The van der Waals surface area contributed by atoms with E-state index in [0.717, 1.165) is 6.04 Å². The van der Waals surface area contributed by atoms with Crippen LogP contribution < -0.4 is 5.32 Å². The maximum Gasteiger partial charge on any atom is 0.0309 e. The van der Waals surface area contributed by atoms with Crippen LogP contribution in [0.25, 0.3) is 0 Å². The van der Waals surface area contributed by atoms with Crippen molar-refractivity contribution in [1.82, 2.24) is 10.2 Å². The summed E-state index contributed by atoms with van der Waals surface area (Å²) in [5.74, 6) is 0. The molecule has 1 saturated heterocycles. The van der Waals surface area contributed by atoms with E-state index in [1.165, 1.54) is 51.6 Å². The summed E-state index contributed by atoms with van der Waals surface area (Å²) in [5, 5.41) is 3.83. The van der Waals surface area contributed by atoms with Crippen LogP contribution in [0, 0.1) is 0 Å². The highest BCUT2D eigenvalue weighted by Crippen LogP contribution is 2.34. The van der Waals surface area contributed by atoms with E-state index in [-0.39, 0.29) is 0 Å². The van der Waals surface area contributed by atoms with E-state index < -0.39 is 0 Å². The third-order valence-corrected chi connectivity index (χ3v) is 4.66. The Morgan fingerprint density at radius 2 is 2.06 bits per heavy atom. The second-order valence-electron chi connectivity index (χ2n) is 6.03. The van der Waals surface area contributed by atoms with Crippen molar-refractivity contribution in [2.75, 3.05) is 13.1 Å². The number of piperazine rings is 1. The first-order valence-electron chi connectivity index (χ1n) is 7.18. The Morgan fingerprint density at radius 3 is 2.69 bits per heavy atom. The van der Waals surface area contributed by atoms with Crippen LogP contribution in [0.1, 0.15) is 59.3 Å². The van der Waals surface area contributed by atoms with Crippen molar-refractivity contribution in [2.45, 2.75) is 76.9 Å². The van der Waals surface area contributed by atoms with Gasteiger partial charge in [0.1, 0.15) is 0 Å². The van der Waals surface area contributed by atoms with E-state index in [1.54, 1.807) is 0 Å². The van der Waals surface area contributed by atoms with Crippen LogP contribution >= 0.6 is 0 Å². The van der Waals surface area contributed by atoms with Crippen LogP contribution in [-0.2, 0) is 0 Å². The van der Waals surface area contributed by atoms with Crippen molar-refractivity contribution in [3.8, 4) is 0 Å². The lowest BCUT2D eigenvalue weighted by molar-refractivity contribution is 0.0534. The van der Waals surface area contributed by atoms with E-state index in [0.29, 0.717) is 11.6 Å². The van der Waals surface area contributed by atoms with Crippen molar-refractivity contribution in [2.24, 2.45) is 0 Å². The van der Waals surface area contributed by atoms with Gasteiger partial charge in [0, 0.05) is 30.7 Å². The third-order valence-electron chi connectivity index (χ3n) is 4.66. The highest BCUT2D eigenvalue weighted by atomic mass is 15.3. The lowest BCUT2D eigenvalue weighted by Crippen LogP contribution is -2.64. The Labute approximate surface area is 101 Å². The summed E-state index contributed by atoms with van der Waals surface area (Å²) in [4.78, 5) is 2.76. The Morgan fingerprint density at radius 1 is 1.38 bits per heavy atom. The Bertz CT molecular complexity index is 221. The van der Waals surface area contributed by atoms with Gasteiger partial charge in [-0.1, -0.05) is 26.2 Å². The molecule has 1 heterocycles. The zero-order chi connectivity index (χ0) is 11.6. The Kier molecular flexibility index (Phi) is 3.91. The molecule has 2 fully saturated rings. The Hall–Kier alpha value is -0.0800. The van der Waals surface area contributed by atoms with Gasteiger partial charge in [-0.2, -0.15) is 0 Å². The minimum atomic E-state index is 0.481. The van der Waals surface area contributed by atoms with E-state index in [2.05, 4.69) is 31.0 Å². The molecule has 1 saturated carbocycles. The molecule has 1 aliphatic carbocycles. The van der Waals surface area contributed by atoms with Crippen molar-refractivity contribution in [3.63, 3.8) is 0 Å². The molecule has 2 nitrogen and oxygen atoms in total. The molecule has 2 heteroatoms. The number of hydrogen-bond acceptors (Lipinski definition) is 2. The van der Waals surface area contributed by atoms with Gasteiger partial charge in [-0.05, 0) is 33.1 Å². The second-order valence-corrected chi connectivity index (χ2v) is 6.03. The van der Waals surface area contributed by atoms with E-state index in [1.807, 2.05) is 0 Å². The first-order chi connectivity index (χ1) is 7.67. The van der Waals surface area contributed by atoms with Gasteiger partial charge in [-0.3, -0.25) is 4.90 Å². The SMILES string of the molecule is CCCC(C)N1CC2(CCCC2)NCC1C. The molecule has 0 aromatic carbocycles. The van der Waals surface area contributed by atoms with Crippen LogP contribution in [0.3, 0.4) is 0 Å². The summed E-state index contributed by atoms with van der Waals surface area (Å²) in [6, 6.07) is 1.48. The molecule has 94 valence electrons.